The Morgan fingerprint density at radius 3 is 2.43 bits per heavy atom. The van der Waals surface area contributed by atoms with Gasteiger partial charge in [0.2, 0.25) is 9.84 Å². The molecule has 0 aliphatic heterocycles. The van der Waals surface area contributed by atoms with Crippen molar-refractivity contribution >= 4 is 18.2 Å². The van der Waals surface area contributed by atoms with Crippen LogP contribution in [0.2, 0.25) is 19.6 Å². The van der Waals surface area contributed by atoms with E-state index < -0.39 is 18.2 Å². The Hall–Kier alpha value is -1.17. The van der Waals surface area contributed by atoms with Crippen molar-refractivity contribution in [1.82, 2.24) is 0 Å². The summed E-state index contributed by atoms with van der Waals surface area (Å²) in [6, 6.07) is 8.55. The molecule has 114 valence electrons. The van der Waals surface area contributed by atoms with Crippen molar-refractivity contribution in [3.63, 3.8) is 0 Å². The SMILES string of the molecule is C[Si](C)(C)OC1C=C(S(=O)(=O)c2ccccc2)C=CCC1. The van der Waals surface area contributed by atoms with Gasteiger partial charge < -0.3 is 4.43 Å². The molecule has 1 aliphatic carbocycles. The Bertz CT molecular complexity index is 640. The van der Waals surface area contributed by atoms with Gasteiger partial charge in [0.05, 0.1) is 15.9 Å². The number of hydrogen-bond acceptors (Lipinski definition) is 3. The van der Waals surface area contributed by atoms with E-state index in [1.165, 1.54) is 0 Å². The van der Waals surface area contributed by atoms with E-state index in [1.807, 2.05) is 12.1 Å². The van der Waals surface area contributed by atoms with Crippen LogP contribution in [0.4, 0.5) is 0 Å². The normalized spacial score (nSPS) is 20.0. The minimum Gasteiger partial charge on any atom is -0.411 e. The predicted octanol–water partition coefficient (Wildman–Crippen LogP) is 3.91. The van der Waals surface area contributed by atoms with Crippen molar-refractivity contribution in [1.29, 1.82) is 0 Å². The lowest BCUT2D eigenvalue weighted by Gasteiger charge is -2.24. The summed E-state index contributed by atoms with van der Waals surface area (Å²) in [6.45, 7) is 6.35. The van der Waals surface area contributed by atoms with Crippen molar-refractivity contribution in [2.24, 2.45) is 0 Å². The van der Waals surface area contributed by atoms with Crippen LogP contribution in [0.25, 0.3) is 0 Å². The van der Waals surface area contributed by atoms with Crippen LogP contribution in [0.3, 0.4) is 0 Å². The van der Waals surface area contributed by atoms with Crippen molar-refractivity contribution in [3.05, 3.63) is 53.5 Å². The number of benzene rings is 1. The zero-order chi connectivity index (χ0) is 15.5. The van der Waals surface area contributed by atoms with Gasteiger partial charge in [0.15, 0.2) is 8.32 Å². The van der Waals surface area contributed by atoms with Gasteiger partial charge in [-0.1, -0.05) is 24.3 Å². The van der Waals surface area contributed by atoms with E-state index in [0.29, 0.717) is 9.80 Å². The van der Waals surface area contributed by atoms with Crippen molar-refractivity contribution in [2.45, 2.75) is 43.5 Å². The third-order valence-corrected chi connectivity index (χ3v) is 5.91. The largest absolute Gasteiger partial charge is 0.411 e. The highest BCUT2D eigenvalue weighted by Crippen LogP contribution is 2.25. The maximum atomic E-state index is 12.7. The van der Waals surface area contributed by atoms with Gasteiger partial charge in [-0.15, -0.1) is 0 Å². The van der Waals surface area contributed by atoms with Crippen molar-refractivity contribution in [3.8, 4) is 0 Å². The van der Waals surface area contributed by atoms with Crippen LogP contribution in [0.1, 0.15) is 12.8 Å². The Morgan fingerprint density at radius 1 is 1.14 bits per heavy atom. The summed E-state index contributed by atoms with van der Waals surface area (Å²) in [6.07, 6.45) is 6.92. The standard InChI is InChI=1S/C16H22O3SSi/c1-21(2,3)19-14-9-7-8-12-16(13-14)20(17,18)15-10-5-4-6-11-15/h4-6,8,10-14H,7,9H2,1-3H3. The molecule has 0 heterocycles. The Morgan fingerprint density at radius 2 is 1.81 bits per heavy atom. The summed E-state index contributed by atoms with van der Waals surface area (Å²) < 4.78 is 31.5. The summed E-state index contributed by atoms with van der Waals surface area (Å²) in [4.78, 5) is 0.670. The number of allylic oxidation sites excluding steroid dienone is 2. The zero-order valence-electron chi connectivity index (χ0n) is 12.7. The number of sulfone groups is 1. The minimum absolute atomic E-state index is 0.125. The molecule has 1 aliphatic rings. The molecule has 2 rings (SSSR count). The van der Waals surface area contributed by atoms with Gasteiger partial charge >= 0.3 is 0 Å². The zero-order valence-corrected chi connectivity index (χ0v) is 14.6. The van der Waals surface area contributed by atoms with E-state index >= 15 is 0 Å². The fourth-order valence-corrected chi connectivity index (χ4v) is 4.73. The average molecular weight is 323 g/mol. The highest BCUT2D eigenvalue weighted by atomic mass is 32.2. The smallest absolute Gasteiger partial charge is 0.206 e. The Balaban J connectivity index is 2.35. The summed E-state index contributed by atoms with van der Waals surface area (Å²) in [5.74, 6) is 0. The minimum atomic E-state index is -3.46. The Kier molecular flexibility index (Phi) is 4.86. The second-order valence-corrected chi connectivity index (χ2v) is 12.5. The maximum Gasteiger partial charge on any atom is 0.206 e. The van der Waals surface area contributed by atoms with E-state index in [1.54, 1.807) is 36.4 Å². The fraction of sp³-hybridized carbons (Fsp3) is 0.375. The topological polar surface area (TPSA) is 43.4 Å². The first-order valence-electron chi connectivity index (χ1n) is 7.15. The number of rotatable bonds is 4. The van der Waals surface area contributed by atoms with Gasteiger partial charge in [0.1, 0.15) is 0 Å². The van der Waals surface area contributed by atoms with Crippen LogP contribution >= 0.6 is 0 Å². The fourth-order valence-electron chi connectivity index (χ4n) is 2.24. The van der Waals surface area contributed by atoms with Gasteiger partial charge in [-0.3, -0.25) is 0 Å². The molecule has 5 heteroatoms. The average Bonchev–Trinajstić information content (AvgIpc) is 2.64. The first-order chi connectivity index (χ1) is 9.79. The molecular weight excluding hydrogens is 300 g/mol. The summed E-state index contributed by atoms with van der Waals surface area (Å²) in [7, 11) is -5.17. The second-order valence-electron chi connectivity index (χ2n) is 6.13. The first kappa shape index (κ1) is 16.2. The van der Waals surface area contributed by atoms with Crippen LogP contribution < -0.4 is 0 Å². The number of hydrogen-bond donors (Lipinski definition) is 0. The molecule has 0 saturated carbocycles. The summed E-state index contributed by atoms with van der Waals surface area (Å²) in [5, 5.41) is 0. The molecule has 0 saturated heterocycles. The van der Waals surface area contributed by atoms with Crippen LogP contribution in [-0.2, 0) is 14.3 Å². The summed E-state index contributed by atoms with van der Waals surface area (Å²) in [5.41, 5.74) is 0. The molecule has 0 bridgehead atoms. The molecule has 1 atom stereocenters. The molecule has 1 aromatic rings. The molecule has 1 unspecified atom stereocenters. The first-order valence-corrected chi connectivity index (χ1v) is 12.0. The molecule has 0 aromatic heterocycles. The molecule has 0 amide bonds. The lowest BCUT2D eigenvalue weighted by Crippen LogP contribution is -2.31. The van der Waals surface area contributed by atoms with E-state index in [0.717, 1.165) is 12.8 Å². The molecule has 21 heavy (non-hydrogen) atoms. The Labute approximate surface area is 128 Å². The lowest BCUT2D eigenvalue weighted by molar-refractivity contribution is 0.233. The van der Waals surface area contributed by atoms with Crippen LogP contribution in [0, 0.1) is 0 Å². The summed E-state index contributed by atoms with van der Waals surface area (Å²) >= 11 is 0. The van der Waals surface area contributed by atoms with E-state index in [4.69, 9.17) is 4.43 Å². The molecular formula is C16H22O3SSi. The van der Waals surface area contributed by atoms with Gasteiger partial charge in [-0.2, -0.15) is 0 Å². The highest BCUT2D eigenvalue weighted by molar-refractivity contribution is 7.95. The monoisotopic (exact) mass is 322 g/mol. The van der Waals surface area contributed by atoms with Crippen LogP contribution in [0.5, 0.6) is 0 Å². The van der Waals surface area contributed by atoms with E-state index in [-0.39, 0.29) is 6.10 Å². The molecule has 1 aromatic carbocycles. The van der Waals surface area contributed by atoms with Gasteiger partial charge in [-0.25, -0.2) is 8.42 Å². The molecule has 0 spiro atoms. The van der Waals surface area contributed by atoms with E-state index in [9.17, 15) is 8.42 Å². The second kappa shape index (κ2) is 6.30. The van der Waals surface area contributed by atoms with Crippen LogP contribution in [0.15, 0.2) is 58.4 Å². The van der Waals surface area contributed by atoms with Gasteiger partial charge in [0.25, 0.3) is 0 Å². The van der Waals surface area contributed by atoms with Crippen molar-refractivity contribution < 1.29 is 12.8 Å². The molecule has 0 fully saturated rings. The van der Waals surface area contributed by atoms with E-state index in [2.05, 4.69) is 19.6 Å². The third kappa shape index (κ3) is 4.39. The van der Waals surface area contributed by atoms with Gasteiger partial charge in [-0.05, 0) is 56.8 Å². The predicted molar refractivity (Wildman–Crippen MR) is 88.3 cm³/mol. The third-order valence-electron chi connectivity index (χ3n) is 3.12. The maximum absolute atomic E-state index is 12.7. The van der Waals surface area contributed by atoms with Gasteiger partial charge in [0, 0.05) is 0 Å². The highest BCUT2D eigenvalue weighted by Gasteiger charge is 2.25. The quantitative estimate of drug-likeness (QED) is 0.789. The molecule has 3 nitrogen and oxygen atoms in total. The molecule has 0 radical (unpaired) electrons. The lowest BCUT2D eigenvalue weighted by atomic mass is 10.2. The van der Waals surface area contributed by atoms with Crippen molar-refractivity contribution in [2.75, 3.05) is 0 Å². The molecule has 0 N–H and O–H groups in total. The van der Waals surface area contributed by atoms with Crippen LogP contribution in [-0.4, -0.2) is 22.8 Å².